The number of guanidine groups is 1. The first-order valence-electron chi connectivity index (χ1n) is 10.1. The Morgan fingerprint density at radius 1 is 1.16 bits per heavy atom. The molecule has 0 bridgehead atoms. The monoisotopic (exact) mass is 353 g/mol. The molecule has 0 atom stereocenters. The third-order valence-corrected chi connectivity index (χ3v) is 4.87. The van der Waals surface area contributed by atoms with E-state index < -0.39 is 0 Å². The van der Waals surface area contributed by atoms with E-state index in [9.17, 15) is 4.79 Å². The molecule has 0 unspecified atom stereocenters. The number of aliphatic imine (C=N–C) groups is 1. The second-order valence-electron chi connectivity index (χ2n) is 6.88. The molecule has 0 aromatic heterocycles. The Morgan fingerprint density at radius 3 is 2.44 bits per heavy atom. The summed E-state index contributed by atoms with van der Waals surface area (Å²) in [6.07, 6.45) is 4.25. The van der Waals surface area contributed by atoms with Crippen molar-refractivity contribution in [1.29, 1.82) is 0 Å². The highest BCUT2D eigenvalue weighted by molar-refractivity contribution is 5.81. The minimum Gasteiger partial charge on any atom is -0.357 e. The van der Waals surface area contributed by atoms with Crippen LogP contribution >= 0.6 is 0 Å². The number of piperidine rings is 1. The average Bonchev–Trinajstić information content (AvgIpc) is 2.61. The molecule has 6 nitrogen and oxygen atoms in total. The van der Waals surface area contributed by atoms with Crippen molar-refractivity contribution in [2.24, 2.45) is 10.9 Å². The molecule has 0 aliphatic carbocycles. The molecule has 0 saturated carbocycles. The van der Waals surface area contributed by atoms with Crippen LogP contribution in [-0.2, 0) is 4.79 Å². The summed E-state index contributed by atoms with van der Waals surface area (Å²) in [6.45, 7) is 15.9. The largest absolute Gasteiger partial charge is 0.357 e. The topological polar surface area (TPSA) is 60.0 Å². The Bertz CT molecular complexity index is 387. The van der Waals surface area contributed by atoms with Gasteiger partial charge in [-0.25, -0.2) is 0 Å². The zero-order valence-electron chi connectivity index (χ0n) is 16.8. The van der Waals surface area contributed by atoms with E-state index in [2.05, 4.69) is 34.4 Å². The Labute approximate surface area is 154 Å². The van der Waals surface area contributed by atoms with Crippen molar-refractivity contribution in [3.63, 3.8) is 0 Å². The highest BCUT2D eigenvalue weighted by atomic mass is 16.2. The maximum absolute atomic E-state index is 12.0. The molecular weight excluding hydrogens is 314 g/mol. The average molecular weight is 354 g/mol. The summed E-state index contributed by atoms with van der Waals surface area (Å²) < 4.78 is 0. The predicted octanol–water partition coefficient (Wildman–Crippen LogP) is 1.92. The van der Waals surface area contributed by atoms with Crippen LogP contribution < -0.4 is 10.6 Å². The molecule has 0 spiro atoms. The maximum atomic E-state index is 12.0. The summed E-state index contributed by atoms with van der Waals surface area (Å²) in [6, 6.07) is 0. The van der Waals surface area contributed by atoms with E-state index >= 15 is 0 Å². The number of amides is 1. The predicted molar refractivity (Wildman–Crippen MR) is 106 cm³/mol. The van der Waals surface area contributed by atoms with Crippen molar-refractivity contribution in [2.45, 2.75) is 53.4 Å². The summed E-state index contributed by atoms with van der Waals surface area (Å²) >= 11 is 0. The van der Waals surface area contributed by atoms with E-state index in [4.69, 9.17) is 0 Å². The van der Waals surface area contributed by atoms with Crippen LogP contribution in [0.2, 0.25) is 0 Å². The molecule has 1 aliphatic rings. The SMILES string of the molecule is CCNC(=NCCCN1CCC(C)CC1)NCCC(=O)N(CC)CC. The number of nitrogens with zero attached hydrogens (tertiary/aromatic N) is 3. The van der Waals surface area contributed by atoms with Gasteiger partial charge in [-0.1, -0.05) is 6.92 Å². The Kier molecular flexibility index (Phi) is 11.3. The first kappa shape index (κ1) is 21.7. The van der Waals surface area contributed by atoms with Crippen LogP contribution in [0.5, 0.6) is 0 Å². The smallest absolute Gasteiger partial charge is 0.224 e. The molecule has 25 heavy (non-hydrogen) atoms. The van der Waals surface area contributed by atoms with Gasteiger partial charge in [-0.05, 0) is 65.6 Å². The number of hydrogen-bond acceptors (Lipinski definition) is 3. The third-order valence-electron chi connectivity index (χ3n) is 4.87. The van der Waals surface area contributed by atoms with Gasteiger partial charge in [0.2, 0.25) is 5.91 Å². The summed E-state index contributed by atoms with van der Waals surface area (Å²) in [5.41, 5.74) is 0. The van der Waals surface area contributed by atoms with Crippen molar-refractivity contribution in [2.75, 3.05) is 52.4 Å². The van der Waals surface area contributed by atoms with E-state index in [0.717, 1.165) is 51.0 Å². The Hall–Kier alpha value is -1.30. The van der Waals surface area contributed by atoms with Gasteiger partial charge in [0.25, 0.3) is 0 Å². The van der Waals surface area contributed by atoms with Gasteiger partial charge in [0.1, 0.15) is 0 Å². The fourth-order valence-electron chi connectivity index (χ4n) is 3.13. The lowest BCUT2D eigenvalue weighted by atomic mass is 9.99. The quantitative estimate of drug-likeness (QED) is 0.358. The zero-order valence-corrected chi connectivity index (χ0v) is 16.8. The molecule has 0 aromatic rings. The summed E-state index contributed by atoms with van der Waals surface area (Å²) in [5.74, 6) is 1.91. The van der Waals surface area contributed by atoms with Crippen molar-refractivity contribution in [3.8, 4) is 0 Å². The third kappa shape index (κ3) is 9.10. The number of carbonyl (C=O) groups is 1. The second-order valence-corrected chi connectivity index (χ2v) is 6.88. The van der Waals surface area contributed by atoms with Gasteiger partial charge in [-0.3, -0.25) is 9.79 Å². The normalized spacial score (nSPS) is 16.7. The fraction of sp³-hybridized carbons (Fsp3) is 0.895. The first-order valence-corrected chi connectivity index (χ1v) is 10.1. The standard InChI is InChI=1S/C19H39N5O/c1-5-20-19(22-13-9-18(25)24(6-2)7-3)21-12-8-14-23-15-10-17(4)11-16-23/h17H,5-16H2,1-4H3,(H2,20,21,22). The lowest BCUT2D eigenvalue weighted by Crippen LogP contribution is -2.40. The lowest BCUT2D eigenvalue weighted by molar-refractivity contribution is -0.130. The summed E-state index contributed by atoms with van der Waals surface area (Å²) in [7, 11) is 0. The van der Waals surface area contributed by atoms with E-state index in [0.29, 0.717) is 13.0 Å². The molecule has 1 amide bonds. The number of nitrogens with one attached hydrogen (secondary N) is 2. The minimum absolute atomic E-state index is 0.202. The van der Waals surface area contributed by atoms with Crippen LogP contribution in [0.1, 0.15) is 53.4 Å². The molecule has 0 radical (unpaired) electrons. The van der Waals surface area contributed by atoms with E-state index in [1.165, 1.54) is 25.9 Å². The van der Waals surface area contributed by atoms with Crippen LogP contribution in [0.4, 0.5) is 0 Å². The van der Waals surface area contributed by atoms with Gasteiger partial charge in [0.05, 0.1) is 0 Å². The number of carbonyl (C=O) groups excluding carboxylic acids is 1. The summed E-state index contributed by atoms with van der Waals surface area (Å²) in [4.78, 5) is 21.1. The van der Waals surface area contributed by atoms with Crippen LogP contribution in [-0.4, -0.2) is 74.0 Å². The molecule has 146 valence electrons. The van der Waals surface area contributed by atoms with E-state index in [1.807, 2.05) is 18.7 Å². The van der Waals surface area contributed by atoms with Gasteiger partial charge in [0.15, 0.2) is 5.96 Å². The molecule has 1 heterocycles. The van der Waals surface area contributed by atoms with Gasteiger partial charge in [-0.15, -0.1) is 0 Å². The van der Waals surface area contributed by atoms with Crippen molar-refractivity contribution in [3.05, 3.63) is 0 Å². The second kappa shape index (κ2) is 13.0. The molecule has 6 heteroatoms. The van der Waals surface area contributed by atoms with Crippen LogP contribution in [0.25, 0.3) is 0 Å². The molecule has 1 saturated heterocycles. The first-order chi connectivity index (χ1) is 12.1. The Morgan fingerprint density at radius 2 is 1.84 bits per heavy atom. The van der Waals surface area contributed by atoms with Crippen LogP contribution in [0.3, 0.4) is 0 Å². The minimum atomic E-state index is 0.202. The van der Waals surface area contributed by atoms with Crippen LogP contribution in [0.15, 0.2) is 4.99 Å². The highest BCUT2D eigenvalue weighted by Gasteiger charge is 2.14. The Balaban J connectivity index is 2.25. The van der Waals surface area contributed by atoms with Gasteiger partial charge in [0, 0.05) is 39.1 Å². The van der Waals surface area contributed by atoms with Gasteiger partial charge in [-0.2, -0.15) is 0 Å². The van der Waals surface area contributed by atoms with Crippen molar-refractivity contribution >= 4 is 11.9 Å². The number of hydrogen-bond donors (Lipinski definition) is 2. The number of rotatable bonds is 10. The van der Waals surface area contributed by atoms with Gasteiger partial charge < -0.3 is 20.4 Å². The molecule has 1 aliphatic heterocycles. The van der Waals surface area contributed by atoms with E-state index in [1.54, 1.807) is 0 Å². The van der Waals surface area contributed by atoms with Crippen molar-refractivity contribution in [1.82, 2.24) is 20.4 Å². The molecule has 1 fully saturated rings. The molecule has 1 rings (SSSR count). The lowest BCUT2D eigenvalue weighted by Gasteiger charge is -2.29. The van der Waals surface area contributed by atoms with Crippen molar-refractivity contribution < 1.29 is 4.79 Å². The maximum Gasteiger partial charge on any atom is 0.224 e. The number of likely N-dealkylation sites (tertiary alicyclic amines) is 1. The molecule has 0 aromatic carbocycles. The molecule has 2 N–H and O–H groups in total. The summed E-state index contributed by atoms with van der Waals surface area (Å²) in [5, 5.41) is 6.53. The fourth-order valence-corrected chi connectivity index (χ4v) is 3.13. The zero-order chi connectivity index (χ0) is 18.5. The van der Waals surface area contributed by atoms with E-state index in [-0.39, 0.29) is 5.91 Å². The van der Waals surface area contributed by atoms with Crippen LogP contribution in [0, 0.1) is 5.92 Å². The molecular formula is C19H39N5O. The van der Waals surface area contributed by atoms with Gasteiger partial charge >= 0.3 is 0 Å². The highest BCUT2D eigenvalue weighted by Crippen LogP contribution is 2.15.